The fourth-order valence-corrected chi connectivity index (χ4v) is 1.30. The monoisotopic (exact) mass is 182 g/mol. The molecule has 2 heterocycles. The highest BCUT2D eigenvalue weighted by molar-refractivity contribution is 5.97. The van der Waals surface area contributed by atoms with Crippen molar-refractivity contribution in [1.29, 1.82) is 0 Å². The molecule has 1 aliphatic heterocycles. The van der Waals surface area contributed by atoms with Crippen LogP contribution < -0.4 is 4.90 Å². The number of aromatic nitrogens is 2. The first kappa shape index (κ1) is 8.06. The molecule has 0 aliphatic carbocycles. The SMILES string of the molecule is CN1c2ncn(C)c2C(O)=NC1O. The molecule has 0 spiro atoms. The molecule has 0 radical (unpaired) electrons. The first-order chi connectivity index (χ1) is 6.11. The minimum atomic E-state index is -1.05. The zero-order valence-electron chi connectivity index (χ0n) is 7.34. The molecule has 6 nitrogen and oxygen atoms in total. The molecule has 2 rings (SSSR count). The van der Waals surface area contributed by atoms with E-state index in [0.717, 1.165) is 0 Å². The number of rotatable bonds is 0. The number of aryl methyl sites for hydroxylation is 1. The van der Waals surface area contributed by atoms with E-state index in [1.165, 1.54) is 4.90 Å². The Morgan fingerprint density at radius 1 is 1.46 bits per heavy atom. The molecule has 0 fully saturated rings. The van der Waals surface area contributed by atoms with Crippen LogP contribution in [0.25, 0.3) is 0 Å². The fourth-order valence-electron chi connectivity index (χ4n) is 1.30. The highest BCUT2D eigenvalue weighted by Gasteiger charge is 2.27. The van der Waals surface area contributed by atoms with Crippen LogP contribution in [-0.2, 0) is 7.05 Å². The summed E-state index contributed by atoms with van der Waals surface area (Å²) in [5.74, 6) is 0.350. The summed E-state index contributed by atoms with van der Waals surface area (Å²) in [6.45, 7) is 0. The van der Waals surface area contributed by atoms with Crippen LogP contribution in [0.3, 0.4) is 0 Å². The highest BCUT2D eigenvalue weighted by Crippen LogP contribution is 2.22. The summed E-state index contributed by atoms with van der Waals surface area (Å²) in [5, 5.41) is 18.8. The van der Waals surface area contributed by atoms with Gasteiger partial charge in [-0.15, -0.1) is 0 Å². The van der Waals surface area contributed by atoms with Crippen molar-refractivity contribution in [1.82, 2.24) is 9.55 Å². The van der Waals surface area contributed by atoms with E-state index >= 15 is 0 Å². The lowest BCUT2D eigenvalue weighted by atomic mass is 10.3. The molecular weight excluding hydrogens is 172 g/mol. The molecule has 1 unspecified atom stereocenters. The smallest absolute Gasteiger partial charge is 0.238 e. The summed E-state index contributed by atoms with van der Waals surface area (Å²) in [5.41, 5.74) is 0.521. The number of aliphatic imine (C=N–C) groups is 1. The molecule has 0 saturated carbocycles. The third-order valence-electron chi connectivity index (χ3n) is 2.05. The number of imidazole rings is 1. The molecule has 1 aromatic heterocycles. The van der Waals surface area contributed by atoms with Crippen LogP contribution in [0.5, 0.6) is 0 Å². The number of hydrogen-bond donors (Lipinski definition) is 2. The van der Waals surface area contributed by atoms with Gasteiger partial charge in [-0.3, -0.25) is 0 Å². The van der Waals surface area contributed by atoms with Gasteiger partial charge in [-0.2, -0.15) is 4.99 Å². The third kappa shape index (κ3) is 0.988. The van der Waals surface area contributed by atoms with Crippen LogP contribution in [0.15, 0.2) is 11.3 Å². The maximum Gasteiger partial charge on any atom is 0.238 e. The van der Waals surface area contributed by atoms with Gasteiger partial charge in [-0.05, 0) is 0 Å². The molecule has 0 amide bonds. The molecule has 6 heteroatoms. The first-order valence-electron chi connectivity index (χ1n) is 3.80. The average molecular weight is 182 g/mol. The lowest BCUT2D eigenvalue weighted by Gasteiger charge is -2.25. The van der Waals surface area contributed by atoms with E-state index < -0.39 is 6.35 Å². The Morgan fingerprint density at radius 3 is 2.85 bits per heavy atom. The van der Waals surface area contributed by atoms with Crippen molar-refractivity contribution >= 4 is 11.7 Å². The van der Waals surface area contributed by atoms with Crippen molar-refractivity contribution in [3.05, 3.63) is 12.0 Å². The Kier molecular flexibility index (Phi) is 1.53. The van der Waals surface area contributed by atoms with E-state index in [1.807, 2.05) is 0 Å². The van der Waals surface area contributed by atoms with Gasteiger partial charge in [0.1, 0.15) is 5.69 Å². The Hall–Kier alpha value is -1.56. The van der Waals surface area contributed by atoms with Crippen LogP contribution in [-0.4, -0.2) is 39.1 Å². The summed E-state index contributed by atoms with van der Waals surface area (Å²) in [7, 11) is 3.41. The van der Waals surface area contributed by atoms with E-state index in [-0.39, 0.29) is 5.90 Å². The van der Waals surface area contributed by atoms with Gasteiger partial charge in [-0.1, -0.05) is 0 Å². The Labute approximate surface area is 74.8 Å². The number of aliphatic hydroxyl groups excluding tert-OH is 2. The molecule has 0 bridgehead atoms. The van der Waals surface area contributed by atoms with E-state index in [2.05, 4.69) is 9.98 Å². The molecule has 0 aromatic carbocycles. The van der Waals surface area contributed by atoms with Gasteiger partial charge in [0, 0.05) is 14.1 Å². The molecule has 70 valence electrons. The highest BCUT2D eigenvalue weighted by atomic mass is 16.3. The van der Waals surface area contributed by atoms with Crippen LogP contribution in [0, 0.1) is 0 Å². The van der Waals surface area contributed by atoms with Crippen molar-refractivity contribution in [2.45, 2.75) is 6.35 Å². The van der Waals surface area contributed by atoms with E-state index in [9.17, 15) is 10.2 Å². The average Bonchev–Trinajstić information content (AvgIpc) is 2.44. The topological polar surface area (TPSA) is 73.9 Å². The molecule has 1 atom stereocenters. The number of anilines is 1. The van der Waals surface area contributed by atoms with E-state index in [4.69, 9.17) is 0 Å². The lowest BCUT2D eigenvalue weighted by Crippen LogP contribution is -2.36. The number of nitrogens with zero attached hydrogens (tertiary/aromatic N) is 4. The Morgan fingerprint density at radius 2 is 2.15 bits per heavy atom. The van der Waals surface area contributed by atoms with Crippen molar-refractivity contribution in [3.8, 4) is 0 Å². The maximum absolute atomic E-state index is 9.42. The van der Waals surface area contributed by atoms with Gasteiger partial charge in [0.2, 0.25) is 12.2 Å². The maximum atomic E-state index is 9.42. The standard InChI is InChI=1S/C7H10N4O2/c1-10-3-8-5-4(10)6(12)9-7(13)11(5)2/h3,7,13H,1-2H3,(H,9,12). The quantitative estimate of drug-likeness (QED) is 0.564. The third-order valence-corrected chi connectivity index (χ3v) is 2.05. The summed E-state index contributed by atoms with van der Waals surface area (Å²) in [6, 6.07) is 0. The molecule has 13 heavy (non-hydrogen) atoms. The molecular formula is C7H10N4O2. The van der Waals surface area contributed by atoms with Crippen LogP contribution in [0.4, 0.5) is 5.82 Å². The van der Waals surface area contributed by atoms with Crippen molar-refractivity contribution in [3.63, 3.8) is 0 Å². The molecule has 1 aliphatic rings. The summed E-state index contributed by atoms with van der Waals surface area (Å²) in [6.07, 6.45) is 0.507. The predicted octanol–water partition coefficient (Wildman–Crippen LogP) is -0.550. The molecule has 1 aromatic rings. The van der Waals surface area contributed by atoms with Crippen molar-refractivity contribution < 1.29 is 10.2 Å². The predicted molar refractivity (Wildman–Crippen MR) is 46.8 cm³/mol. The van der Waals surface area contributed by atoms with Crippen LogP contribution in [0.2, 0.25) is 0 Å². The van der Waals surface area contributed by atoms with Gasteiger partial charge >= 0.3 is 0 Å². The fraction of sp³-hybridized carbons (Fsp3) is 0.429. The van der Waals surface area contributed by atoms with Crippen molar-refractivity contribution in [2.24, 2.45) is 12.0 Å². The number of fused-ring (bicyclic) bond motifs is 1. The van der Waals surface area contributed by atoms with E-state index in [0.29, 0.717) is 11.5 Å². The number of hydrogen-bond acceptors (Lipinski definition) is 4. The Bertz CT molecular complexity index is 371. The Balaban J connectivity index is 2.60. The normalized spacial score (nSPS) is 21.3. The second-order valence-electron chi connectivity index (χ2n) is 2.94. The van der Waals surface area contributed by atoms with Gasteiger partial charge in [-0.25, -0.2) is 4.98 Å². The summed E-state index contributed by atoms with van der Waals surface area (Å²) < 4.78 is 1.65. The van der Waals surface area contributed by atoms with Gasteiger partial charge in [0.05, 0.1) is 6.33 Å². The van der Waals surface area contributed by atoms with Crippen molar-refractivity contribution in [2.75, 3.05) is 11.9 Å². The lowest BCUT2D eigenvalue weighted by molar-refractivity contribution is 0.179. The minimum absolute atomic E-state index is 0.180. The van der Waals surface area contributed by atoms with Gasteiger partial charge < -0.3 is 19.7 Å². The number of aliphatic hydroxyl groups is 2. The van der Waals surface area contributed by atoms with Crippen LogP contribution in [0.1, 0.15) is 5.69 Å². The first-order valence-corrected chi connectivity index (χ1v) is 3.80. The molecule has 2 N–H and O–H groups in total. The van der Waals surface area contributed by atoms with E-state index in [1.54, 1.807) is 25.0 Å². The van der Waals surface area contributed by atoms with Crippen LogP contribution >= 0.6 is 0 Å². The summed E-state index contributed by atoms with van der Waals surface area (Å²) in [4.78, 5) is 9.14. The largest absolute Gasteiger partial charge is 0.492 e. The van der Waals surface area contributed by atoms with Gasteiger partial charge in [0.25, 0.3) is 0 Å². The minimum Gasteiger partial charge on any atom is -0.492 e. The second kappa shape index (κ2) is 2.46. The zero-order valence-corrected chi connectivity index (χ0v) is 7.34. The molecule has 0 saturated heterocycles. The second-order valence-corrected chi connectivity index (χ2v) is 2.94. The van der Waals surface area contributed by atoms with Gasteiger partial charge in [0.15, 0.2) is 5.82 Å². The zero-order chi connectivity index (χ0) is 9.59. The summed E-state index contributed by atoms with van der Waals surface area (Å²) >= 11 is 0.